The van der Waals surface area contributed by atoms with E-state index < -0.39 is 11.1 Å². The highest BCUT2D eigenvalue weighted by molar-refractivity contribution is 6.36. The van der Waals surface area contributed by atoms with Gasteiger partial charge < -0.3 is 24.2 Å². The molecule has 0 aliphatic carbocycles. The van der Waals surface area contributed by atoms with E-state index >= 15 is 0 Å². The molecule has 132 valence electrons. The molecule has 0 unspecified atom stereocenters. The molecule has 0 atom stereocenters. The van der Waals surface area contributed by atoms with Gasteiger partial charge in [-0.05, 0) is 17.7 Å². The van der Waals surface area contributed by atoms with Gasteiger partial charge in [-0.3, -0.25) is 4.99 Å². The summed E-state index contributed by atoms with van der Waals surface area (Å²) < 4.78 is 15.6. The fourth-order valence-electron chi connectivity index (χ4n) is 1.93. The summed E-state index contributed by atoms with van der Waals surface area (Å²) in [5.41, 5.74) is 0.400. The van der Waals surface area contributed by atoms with Crippen LogP contribution in [0.25, 0.3) is 0 Å². The number of methoxy groups -OCH3 is 3. The molecule has 0 fully saturated rings. The van der Waals surface area contributed by atoms with Crippen molar-refractivity contribution in [3.63, 3.8) is 0 Å². The minimum Gasteiger partial charge on any atom is -0.493 e. The van der Waals surface area contributed by atoms with Gasteiger partial charge in [0.05, 0.1) is 27.9 Å². The first-order chi connectivity index (χ1) is 11.4. The number of hydrogen-bond donors (Lipinski definition) is 1. The van der Waals surface area contributed by atoms with Crippen LogP contribution >= 0.6 is 0 Å². The third-order valence-corrected chi connectivity index (χ3v) is 2.93. The number of carboxylic acids is 1. The van der Waals surface area contributed by atoms with Crippen molar-refractivity contribution in [3.05, 3.63) is 27.8 Å². The van der Waals surface area contributed by atoms with Gasteiger partial charge in [0, 0.05) is 6.42 Å². The second kappa shape index (κ2) is 9.18. The molecule has 0 spiro atoms. The molecule has 1 aromatic rings. The molecule has 10 heteroatoms. The lowest BCUT2D eigenvalue weighted by molar-refractivity contribution is -0.757. The molecular weight excluding hydrogens is 324 g/mol. The largest absolute Gasteiger partial charge is 0.493 e. The lowest BCUT2D eigenvalue weighted by atomic mass is 10.1. The number of benzene rings is 1. The zero-order valence-electron chi connectivity index (χ0n) is 13.5. The predicted octanol–water partition coefficient (Wildman–Crippen LogP) is 0.989. The summed E-state index contributed by atoms with van der Waals surface area (Å²) in [6.07, 6.45) is -0.0233. The van der Waals surface area contributed by atoms with Crippen molar-refractivity contribution in [2.75, 3.05) is 34.5 Å². The number of ether oxygens (including phenoxy) is 3. The van der Waals surface area contributed by atoms with E-state index in [4.69, 9.17) is 14.2 Å². The third-order valence-electron chi connectivity index (χ3n) is 2.93. The summed E-state index contributed by atoms with van der Waals surface area (Å²) in [5, 5.41) is 18.3. The van der Waals surface area contributed by atoms with Crippen molar-refractivity contribution in [2.24, 2.45) is 4.99 Å². The quantitative estimate of drug-likeness (QED) is 0.288. The topological polar surface area (TPSA) is 130 Å². The second-order valence-corrected chi connectivity index (χ2v) is 4.40. The molecule has 0 radical (unpaired) electrons. The number of nitrogens with zero attached hydrogens (tertiary/aromatic N) is 2. The molecule has 0 amide bonds. The Balaban J connectivity index is 3.00. The van der Waals surface area contributed by atoms with Crippen LogP contribution in [0.5, 0.6) is 17.2 Å². The average molecular weight is 342 g/mol. The zero-order chi connectivity index (χ0) is 18.1. The third kappa shape index (κ3) is 5.30. The summed E-state index contributed by atoms with van der Waals surface area (Å²) in [6, 6.07) is 3.21. The van der Waals surface area contributed by atoms with Crippen LogP contribution in [0.1, 0.15) is 5.56 Å². The summed E-state index contributed by atoms with van der Waals surface area (Å²) >= 11 is 0. The highest BCUT2D eigenvalue weighted by Gasteiger charge is 2.16. The van der Waals surface area contributed by atoms with Crippen molar-refractivity contribution in [3.8, 4) is 17.2 Å². The van der Waals surface area contributed by atoms with Crippen LogP contribution in [-0.2, 0) is 16.1 Å². The maximum Gasteiger partial charge on any atom is 0.350 e. The van der Waals surface area contributed by atoms with Gasteiger partial charge in [0.15, 0.2) is 11.5 Å². The van der Waals surface area contributed by atoms with Crippen LogP contribution in [0.15, 0.2) is 17.1 Å². The van der Waals surface area contributed by atoms with Crippen LogP contribution in [0.2, 0.25) is 0 Å². The first kappa shape index (κ1) is 19.0. The van der Waals surface area contributed by atoms with Crippen LogP contribution in [0.4, 0.5) is 0 Å². The first-order valence-electron chi connectivity index (χ1n) is 6.75. The first-order valence-corrected chi connectivity index (χ1v) is 6.75. The number of carboxylic acid groups (broad SMARTS) is 1. The molecule has 1 rings (SSSR count). The van der Waals surface area contributed by atoms with Crippen LogP contribution in [-0.4, -0.2) is 56.4 Å². The average Bonchev–Trinajstić information content (AvgIpc) is 2.55. The minimum atomic E-state index is -1.23. The lowest BCUT2D eigenvalue weighted by Crippen LogP contribution is -2.18. The molecule has 10 nitrogen and oxygen atoms in total. The van der Waals surface area contributed by atoms with Gasteiger partial charge >= 0.3 is 5.97 Å². The minimum absolute atomic E-state index is 0.0233. The fraction of sp³-hybridized carbons (Fsp3) is 0.429. The van der Waals surface area contributed by atoms with E-state index in [1.54, 1.807) is 12.1 Å². The number of aliphatic carboxylic acids is 1. The van der Waals surface area contributed by atoms with Gasteiger partial charge in [0.1, 0.15) is 12.3 Å². The Kier molecular flexibility index (Phi) is 7.27. The van der Waals surface area contributed by atoms with Crippen molar-refractivity contribution < 1.29 is 34.0 Å². The smallest absolute Gasteiger partial charge is 0.350 e. The van der Waals surface area contributed by atoms with E-state index in [1.165, 1.54) is 21.3 Å². The number of hydrogen-bond acceptors (Lipinski definition) is 8. The maximum absolute atomic E-state index is 11.3. The summed E-state index contributed by atoms with van der Waals surface area (Å²) in [5.74, 6) is -0.0802. The number of carbonyl (C=O) groups is 1. The molecule has 0 aliphatic heterocycles. The molecule has 0 heterocycles. The second-order valence-electron chi connectivity index (χ2n) is 4.40. The molecule has 1 N–H and O–H groups in total. The highest BCUT2D eigenvalue weighted by Crippen LogP contribution is 2.38. The van der Waals surface area contributed by atoms with E-state index in [1.807, 2.05) is 0 Å². The van der Waals surface area contributed by atoms with Gasteiger partial charge in [0.25, 0.3) is 5.09 Å². The molecular formula is C14H18N2O8. The van der Waals surface area contributed by atoms with Gasteiger partial charge in [-0.15, -0.1) is 10.1 Å². The molecule has 0 saturated heterocycles. The Morgan fingerprint density at radius 3 is 2.21 bits per heavy atom. The molecule has 24 heavy (non-hydrogen) atoms. The van der Waals surface area contributed by atoms with E-state index in [-0.39, 0.29) is 25.3 Å². The van der Waals surface area contributed by atoms with Crippen molar-refractivity contribution in [1.29, 1.82) is 0 Å². The Labute approximate surface area is 137 Å². The van der Waals surface area contributed by atoms with E-state index in [2.05, 4.69) is 9.83 Å². The van der Waals surface area contributed by atoms with Crippen LogP contribution < -0.4 is 14.2 Å². The standard InChI is InChI=1S/C14H18N2O8/c1-21-11-7-9(8-12(22-2)13(11)23-3)6-10(14(17)18)15-4-5-24-16(19)20/h7-8H,4-6H2,1-3H3,(H,17,18). The Bertz CT molecular complexity index is 604. The lowest BCUT2D eigenvalue weighted by Gasteiger charge is -2.14. The van der Waals surface area contributed by atoms with E-state index in [0.717, 1.165) is 0 Å². The fourth-order valence-corrected chi connectivity index (χ4v) is 1.93. The van der Waals surface area contributed by atoms with Gasteiger partial charge in [-0.2, -0.15) is 0 Å². The predicted molar refractivity (Wildman–Crippen MR) is 82.7 cm³/mol. The SMILES string of the molecule is COc1cc(CC(=NCCO[N+](=O)[O-])C(=O)O)cc(OC)c1OC. The maximum atomic E-state index is 11.3. The summed E-state index contributed by atoms with van der Waals surface area (Å²) in [7, 11) is 4.35. The van der Waals surface area contributed by atoms with E-state index in [0.29, 0.717) is 22.8 Å². The molecule has 1 aromatic carbocycles. The normalized spacial score (nSPS) is 10.9. The van der Waals surface area contributed by atoms with E-state index in [9.17, 15) is 20.0 Å². The van der Waals surface area contributed by atoms with Gasteiger partial charge in [-0.1, -0.05) is 0 Å². The molecule has 0 aromatic heterocycles. The molecule has 0 aliphatic rings. The summed E-state index contributed by atoms with van der Waals surface area (Å²) in [6.45, 7) is -0.466. The van der Waals surface area contributed by atoms with Gasteiger partial charge in [-0.25, -0.2) is 4.79 Å². The van der Waals surface area contributed by atoms with Crippen LogP contribution in [0, 0.1) is 10.1 Å². The number of aliphatic imine (C=N–C) groups is 1. The van der Waals surface area contributed by atoms with Crippen molar-refractivity contribution >= 4 is 11.7 Å². The monoisotopic (exact) mass is 342 g/mol. The molecule has 0 bridgehead atoms. The Hall–Kier alpha value is -3.04. The van der Waals surface area contributed by atoms with Crippen molar-refractivity contribution in [1.82, 2.24) is 0 Å². The highest BCUT2D eigenvalue weighted by atomic mass is 16.9. The van der Waals surface area contributed by atoms with Crippen LogP contribution in [0.3, 0.4) is 0 Å². The number of rotatable bonds is 10. The van der Waals surface area contributed by atoms with Gasteiger partial charge in [0.2, 0.25) is 5.75 Å². The zero-order valence-corrected chi connectivity index (χ0v) is 13.5. The Morgan fingerprint density at radius 2 is 1.79 bits per heavy atom. The Morgan fingerprint density at radius 1 is 1.21 bits per heavy atom. The summed E-state index contributed by atoms with van der Waals surface area (Å²) in [4.78, 5) is 29.2. The van der Waals surface area contributed by atoms with Crippen molar-refractivity contribution in [2.45, 2.75) is 6.42 Å². The molecule has 0 saturated carbocycles.